The number of rotatable bonds is 5. The van der Waals surface area contributed by atoms with Crippen molar-refractivity contribution in [2.75, 3.05) is 0 Å². The van der Waals surface area contributed by atoms with E-state index < -0.39 is 0 Å². The summed E-state index contributed by atoms with van der Waals surface area (Å²) in [6.45, 7) is 5.05. The van der Waals surface area contributed by atoms with Crippen molar-refractivity contribution in [3.05, 3.63) is 138 Å². The zero-order valence-corrected chi connectivity index (χ0v) is 30.0. The topological polar surface area (TPSA) is 185 Å². The lowest BCUT2D eigenvalue weighted by atomic mass is 10.1. The zero-order valence-electron chi connectivity index (χ0n) is 28.4. The standard InChI is InChI=1S/C18H14N8.C14H9BrN6.C4H6N2/c1-12-9-25(11-21-12)16-8-20-17-18(22-16)26(24-23-17)10-13-4-5-15-14(7-13)3-2-6-19-15;15-12-7-17-13-14(18-12)21(20-19-13)8-9-3-4-11-10(6-9)2-1-5-16-11;1-4-2-5-3-6-4/h2-9,11H,10H2,1H3;1-7H,8H2;2-3H,1H3,(H,5,6). The number of pyridine rings is 2. The summed E-state index contributed by atoms with van der Waals surface area (Å²) in [6, 6.07) is 20.2. The minimum absolute atomic E-state index is 0.521. The number of benzene rings is 2. The number of hydrogen-bond donors (Lipinski definition) is 1. The molecule has 0 aliphatic heterocycles. The van der Waals surface area contributed by atoms with Crippen molar-refractivity contribution in [1.82, 2.24) is 79.4 Å². The molecule has 16 nitrogen and oxygen atoms in total. The van der Waals surface area contributed by atoms with Crippen molar-refractivity contribution < 1.29 is 0 Å². The third kappa shape index (κ3) is 7.59. The summed E-state index contributed by atoms with van der Waals surface area (Å²) in [4.78, 5) is 37.1. The Labute approximate surface area is 309 Å². The van der Waals surface area contributed by atoms with Crippen molar-refractivity contribution in [3.63, 3.8) is 0 Å². The molecule has 10 rings (SSSR count). The van der Waals surface area contributed by atoms with E-state index in [0.29, 0.717) is 46.1 Å². The van der Waals surface area contributed by atoms with Gasteiger partial charge in [0, 0.05) is 41.3 Å². The van der Waals surface area contributed by atoms with Crippen molar-refractivity contribution in [3.8, 4) is 5.82 Å². The highest BCUT2D eigenvalue weighted by atomic mass is 79.9. The van der Waals surface area contributed by atoms with Gasteiger partial charge in [0.1, 0.15) is 10.9 Å². The maximum Gasteiger partial charge on any atom is 0.221 e. The van der Waals surface area contributed by atoms with Crippen LogP contribution in [0.4, 0.5) is 0 Å². The minimum atomic E-state index is 0.521. The number of nitrogens with one attached hydrogen (secondary N) is 1. The molecule has 0 saturated heterocycles. The van der Waals surface area contributed by atoms with Gasteiger partial charge in [-0.1, -0.05) is 34.7 Å². The SMILES string of the molecule is Brc1cnc2nnn(Cc3ccc4ncccc4c3)c2n1.Cc1cn(-c2cnc3nnn(Cc4ccc5ncccc5c4)c3n2)cn1.Cc1cnc[nH]1. The highest BCUT2D eigenvalue weighted by Crippen LogP contribution is 2.18. The van der Waals surface area contributed by atoms with Gasteiger partial charge in [-0.15, -0.1) is 10.2 Å². The Kier molecular flexibility index (Phi) is 9.27. The summed E-state index contributed by atoms with van der Waals surface area (Å²) >= 11 is 3.32. The average molecular weight is 766 g/mol. The van der Waals surface area contributed by atoms with Crippen LogP contribution < -0.4 is 0 Å². The van der Waals surface area contributed by atoms with Crippen LogP contribution in [-0.2, 0) is 13.1 Å². The number of imidazole rings is 2. The quantitative estimate of drug-likeness (QED) is 0.229. The van der Waals surface area contributed by atoms with E-state index in [2.05, 4.69) is 93.5 Å². The first kappa shape index (κ1) is 33.3. The molecule has 260 valence electrons. The van der Waals surface area contributed by atoms with Gasteiger partial charge in [-0.2, -0.15) is 0 Å². The molecule has 0 unspecified atom stereocenters. The summed E-state index contributed by atoms with van der Waals surface area (Å²) in [5, 5.41) is 18.7. The van der Waals surface area contributed by atoms with Gasteiger partial charge >= 0.3 is 0 Å². The maximum atomic E-state index is 4.66. The average Bonchev–Trinajstić information content (AvgIpc) is 4.01. The lowest BCUT2D eigenvalue weighted by Crippen LogP contribution is -2.05. The molecule has 53 heavy (non-hydrogen) atoms. The van der Waals surface area contributed by atoms with Crippen LogP contribution in [0.25, 0.3) is 50.2 Å². The Morgan fingerprint density at radius 3 is 1.85 bits per heavy atom. The number of hydrogen-bond acceptors (Lipinski definition) is 12. The van der Waals surface area contributed by atoms with E-state index in [0.717, 1.165) is 44.3 Å². The third-order valence-corrected chi connectivity index (χ3v) is 8.41. The lowest BCUT2D eigenvalue weighted by Gasteiger charge is -2.05. The Balaban J connectivity index is 0.000000133. The molecule has 0 spiro atoms. The number of nitrogens with zero attached hydrogens (tertiary/aromatic N) is 15. The molecular weight excluding hydrogens is 736 g/mol. The lowest BCUT2D eigenvalue weighted by molar-refractivity contribution is 0.664. The fraction of sp³-hybridized carbons (Fsp3) is 0.111. The van der Waals surface area contributed by atoms with Gasteiger partial charge < -0.3 is 4.98 Å². The molecule has 0 atom stereocenters. The second-order valence-corrected chi connectivity index (χ2v) is 12.7. The second-order valence-electron chi connectivity index (χ2n) is 11.9. The smallest absolute Gasteiger partial charge is 0.221 e. The molecule has 17 heteroatoms. The van der Waals surface area contributed by atoms with Crippen LogP contribution in [0.3, 0.4) is 0 Å². The van der Waals surface area contributed by atoms with Crippen LogP contribution in [0.2, 0.25) is 0 Å². The summed E-state index contributed by atoms with van der Waals surface area (Å²) in [5.41, 5.74) is 8.55. The molecule has 1 N–H and O–H groups in total. The monoisotopic (exact) mass is 764 g/mol. The van der Waals surface area contributed by atoms with E-state index in [9.17, 15) is 0 Å². The molecule has 2 aromatic carbocycles. The van der Waals surface area contributed by atoms with E-state index in [-0.39, 0.29) is 0 Å². The molecule has 0 bridgehead atoms. The molecule has 0 aliphatic rings. The van der Waals surface area contributed by atoms with E-state index in [1.807, 2.05) is 73.1 Å². The van der Waals surface area contributed by atoms with Crippen LogP contribution >= 0.6 is 15.9 Å². The summed E-state index contributed by atoms with van der Waals surface area (Å²) in [5.74, 6) is 0.685. The van der Waals surface area contributed by atoms with Gasteiger partial charge in [0.05, 0.1) is 48.5 Å². The van der Waals surface area contributed by atoms with Gasteiger partial charge in [-0.25, -0.2) is 39.3 Å². The highest BCUT2D eigenvalue weighted by molar-refractivity contribution is 9.10. The zero-order chi connectivity index (χ0) is 36.1. The van der Waals surface area contributed by atoms with Crippen LogP contribution in [0.5, 0.6) is 0 Å². The van der Waals surface area contributed by atoms with E-state index in [1.165, 1.54) is 0 Å². The fourth-order valence-electron chi connectivity index (χ4n) is 5.48. The molecule has 0 amide bonds. The first-order valence-corrected chi connectivity index (χ1v) is 17.2. The molecule has 0 fully saturated rings. The number of halogens is 1. The Morgan fingerprint density at radius 1 is 0.679 bits per heavy atom. The van der Waals surface area contributed by atoms with Gasteiger partial charge in [-0.3, -0.25) is 14.5 Å². The Hall–Kier alpha value is -6.88. The van der Waals surface area contributed by atoms with Crippen LogP contribution in [0.15, 0.2) is 115 Å². The summed E-state index contributed by atoms with van der Waals surface area (Å²) in [6.07, 6.45) is 13.9. The van der Waals surface area contributed by atoms with Gasteiger partial charge in [0.2, 0.25) is 11.3 Å². The van der Waals surface area contributed by atoms with E-state index in [1.54, 1.807) is 53.0 Å². The predicted octanol–water partition coefficient (Wildman–Crippen LogP) is 5.61. The fourth-order valence-corrected chi connectivity index (χ4v) is 5.75. The van der Waals surface area contributed by atoms with Crippen molar-refractivity contribution in [2.24, 2.45) is 0 Å². The maximum absolute atomic E-state index is 4.66. The second kappa shape index (κ2) is 14.8. The first-order chi connectivity index (χ1) is 25.9. The number of aromatic nitrogens is 16. The normalized spacial score (nSPS) is 11.1. The predicted molar refractivity (Wildman–Crippen MR) is 201 cm³/mol. The number of fused-ring (bicyclic) bond motifs is 4. The van der Waals surface area contributed by atoms with Crippen LogP contribution in [0, 0.1) is 13.8 Å². The summed E-state index contributed by atoms with van der Waals surface area (Å²) < 4.78 is 6.00. The molecule has 8 aromatic heterocycles. The number of H-pyrrole nitrogens is 1. The van der Waals surface area contributed by atoms with Crippen molar-refractivity contribution >= 4 is 60.3 Å². The molecule has 8 heterocycles. The van der Waals surface area contributed by atoms with Crippen molar-refractivity contribution in [2.45, 2.75) is 26.9 Å². The molecule has 0 aliphatic carbocycles. The van der Waals surface area contributed by atoms with E-state index >= 15 is 0 Å². The number of aromatic amines is 1. The van der Waals surface area contributed by atoms with Crippen molar-refractivity contribution in [1.29, 1.82) is 0 Å². The third-order valence-electron chi connectivity index (χ3n) is 8.02. The van der Waals surface area contributed by atoms with Gasteiger partial charge in [0.25, 0.3) is 0 Å². The Bertz CT molecular complexity index is 2800. The first-order valence-electron chi connectivity index (χ1n) is 16.4. The molecule has 0 radical (unpaired) electrons. The largest absolute Gasteiger partial charge is 0.349 e. The summed E-state index contributed by atoms with van der Waals surface area (Å²) in [7, 11) is 0. The Morgan fingerprint density at radius 2 is 1.30 bits per heavy atom. The number of aryl methyl sites for hydroxylation is 2. The molecule has 10 aromatic rings. The molecule has 0 saturated carbocycles. The van der Waals surface area contributed by atoms with Crippen LogP contribution in [-0.4, -0.2) is 79.4 Å². The van der Waals surface area contributed by atoms with E-state index in [4.69, 9.17) is 0 Å². The van der Waals surface area contributed by atoms with Gasteiger partial charge in [-0.05, 0) is 77.3 Å². The molecular formula is C36H29BrN16. The highest BCUT2D eigenvalue weighted by Gasteiger charge is 2.12. The van der Waals surface area contributed by atoms with Gasteiger partial charge in [0.15, 0.2) is 17.1 Å². The minimum Gasteiger partial charge on any atom is -0.349 e. The van der Waals surface area contributed by atoms with Crippen LogP contribution in [0.1, 0.15) is 22.5 Å².